The van der Waals surface area contributed by atoms with Gasteiger partial charge in [-0.05, 0) is 30.0 Å². The average Bonchev–Trinajstić information content (AvgIpc) is 3.40. The molecule has 0 unspecified atom stereocenters. The highest BCUT2D eigenvalue weighted by atomic mass is 35.5. The first-order valence-corrected chi connectivity index (χ1v) is 11.4. The van der Waals surface area contributed by atoms with E-state index in [4.69, 9.17) is 4.74 Å². The van der Waals surface area contributed by atoms with Gasteiger partial charge in [-0.2, -0.15) is 0 Å². The Labute approximate surface area is 193 Å². The van der Waals surface area contributed by atoms with Crippen LogP contribution in [0.5, 0.6) is 0 Å². The number of thiophene rings is 1. The molecular weight excluding hydrogens is 464 g/mol. The van der Waals surface area contributed by atoms with Gasteiger partial charge in [0.2, 0.25) is 0 Å². The van der Waals surface area contributed by atoms with Crippen LogP contribution in [-0.2, 0) is 9.53 Å². The van der Waals surface area contributed by atoms with E-state index in [0.717, 1.165) is 61.5 Å². The Morgan fingerprint density at radius 3 is 2.84 bits per heavy atom. The van der Waals surface area contributed by atoms with Crippen molar-refractivity contribution in [2.75, 3.05) is 44.3 Å². The normalized spacial score (nSPS) is 14.8. The highest BCUT2D eigenvalue weighted by Gasteiger charge is 2.20. The second-order valence-electron chi connectivity index (χ2n) is 6.88. The van der Waals surface area contributed by atoms with Gasteiger partial charge in [0.15, 0.2) is 10.9 Å². The van der Waals surface area contributed by atoms with Gasteiger partial charge in [-0.1, -0.05) is 17.4 Å². The first-order chi connectivity index (χ1) is 14.6. The number of halogens is 3. The second kappa shape index (κ2) is 11.1. The molecule has 1 aliphatic rings. The van der Waals surface area contributed by atoms with Crippen LogP contribution in [0.1, 0.15) is 11.3 Å². The number of nitrogens with zero attached hydrogens (tertiary/aromatic N) is 3. The Kier molecular flexibility index (Phi) is 8.50. The molecule has 2 aromatic heterocycles. The van der Waals surface area contributed by atoms with Gasteiger partial charge in [0.1, 0.15) is 11.3 Å². The van der Waals surface area contributed by atoms with E-state index in [-0.39, 0.29) is 23.8 Å². The Morgan fingerprint density at radius 2 is 2.10 bits per heavy atom. The standard InChI is InChI=1S/C21H21F2N3O2S2.ClH/c22-15-13-17(23)20-18(14-15)30-21(24-20)26(7-2-6-25-8-10-28-11-9-25)19(27)5-4-16-3-1-12-29-16;/h1,3-5,12-14H,2,6-11H2;1H/b5-4+;. The lowest BCUT2D eigenvalue weighted by Crippen LogP contribution is -2.39. The maximum Gasteiger partial charge on any atom is 0.252 e. The van der Waals surface area contributed by atoms with E-state index in [2.05, 4.69) is 9.88 Å². The van der Waals surface area contributed by atoms with Crippen LogP contribution in [0.15, 0.2) is 35.7 Å². The zero-order valence-electron chi connectivity index (χ0n) is 16.6. The molecule has 1 aromatic carbocycles. The summed E-state index contributed by atoms with van der Waals surface area (Å²) >= 11 is 2.66. The number of rotatable bonds is 7. The van der Waals surface area contributed by atoms with E-state index >= 15 is 0 Å². The summed E-state index contributed by atoms with van der Waals surface area (Å²) in [6.07, 6.45) is 4.00. The zero-order valence-corrected chi connectivity index (χ0v) is 19.1. The summed E-state index contributed by atoms with van der Waals surface area (Å²) in [5.41, 5.74) is 0.0876. The van der Waals surface area contributed by atoms with Crippen LogP contribution >= 0.6 is 35.1 Å². The Hall–Kier alpha value is -1.91. The van der Waals surface area contributed by atoms with E-state index in [0.29, 0.717) is 16.4 Å². The molecule has 31 heavy (non-hydrogen) atoms. The van der Waals surface area contributed by atoms with Crippen molar-refractivity contribution in [3.63, 3.8) is 0 Å². The van der Waals surface area contributed by atoms with Gasteiger partial charge in [-0.25, -0.2) is 13.8 Å². The fourth-order valence-electron chi connectivity index (χ4n) is 3.27. The highest BCUT2D eigenvalue weighted by molar-refractivity contribution is 7.22. The summed E-state index contributed by atoms with van der Waals surface area (Å²) in [7, 11) is 0. The SMILES string of the molecule is Cl.O=C(/C=C/c1cccs1)N(CCCN1CCOCC1)c1nc2c(F)cc(F)cc2s1. The third kappa shape index (κ3) is 6.08. The minimum Gasteiger partial charge on any atom is -0.379 e. The van der Waals surface area contributed by atoms with E-state index < -0.39 is 11.6 Å². The summed E-state index contributed by atoms with van der Waals surface area (Å²) in [5, 5.41) is 2.31. The van der Waals surface area contributed by atoms with Crippen LogP contribution < -0.4 is 4.90 Å². The molecule has 1 fully saturated rings. The number of amides is 1. The summed E-state index contributed by atoms with van der Waals surface area (Å²) in [5.74, 6) is -1.61. The molecule has 0 radical (unpaired) electrons. The molecule has 0 saturated carbocycles. The number of thiazole rings is 1. The maximum absolute atomic E-state index is 14.1. The molecule has 0 bridgehead atoms. The van der Waals surface area contributed by atoms with Gasteiger partial charge in [-0.3, -0.25) is 14.6 Å². The van der Waals surface area contributed by atoms with E-state index in [1.165, 1.54) is 23.5 Å². The molecule has 3 aromatic rings. The maximum atomic E-state index is 14.1. The van der Waals surface area contributed by atoms with Crippen LogP contribution in [0.4, 0.5) is 13.9 Å². The van der Waals surface area contributed by atoms with Gasteiger partial charge >= 0.3 is 0 Å². The number of anilines is 1. The Bertz CT molecular complexity index is 1040. The van der Waals surface area contributed by atoms with Crippen LogP contribution in [0.2, 0.25) is 0 Å². The molecule has 0 aliphatic carbocycles. The van der Waals surface area contributed by atoms with Crippen molar-refractivity contribution in [1.29, 1.82) is 0 Å². The summed E-state index contributed by atoms with van der Waals surface area (Å²) in [6, 6.07) is 5.90. The number of hydrogen-bond donors (Lipinski definition) is 0. The van der Waals surface area contributed by atoms with Gasteiger partial charge < -0.3 is 4.74 Å². The lowest BCUT2D eigenvalue weighted by molar-refractivity contribution is -0.114. The summed E-state index contributed by atoms with van der Waals surface area (Å²) in [6.45, 7) is 4.45. The van der Waals surface area contributed by atoms with Gasteiger partial charge in [0, 0.05) is 43.2 Å². The summed E-state index contributed by atoms with van der Waals surface area (Å²) in [4.78, 5) is 22.1. The molecule has 1 aliphatic heterocycles. The zero-order chi connectivity index (χ0) is 20.9. The lowest BCUT2D eigenvalue weighted by atomic mass is 10.3. The number of carbonyl (C=O) groups is 1. The number of carbonyl (C=O) groups excluding carboxylic acids is 1. The predicted molar refractivity (Wildman–Crippen MR) is 124 cm³/mol. The fraction of sp³-hybridized carbons (Fsp3) is 0.333. The molecule has 10 heteroatoms. The highest BCUT2D eigenvalue weighted by Crippen LogP contribution is 2.31. The molecule has 4 rings (SSSR count). The first-order valence-electron chi connectivity index (χ1n) is 9.69. The molecule has 0 atom stereocenters. The second-order valence-corrected chi connectivity index (χ2v) is 8.87. The first kappa shape index (κ1) is 23.7. The van der Waals surface area contributed by atoms with Gasteiger partial charge in [-0.15, -0.1) is 23.7 Å². The van der Waals surface area contributed by atoms with Crippen molar-refractivity contribution in [3.8, 4) is 0 Å². The molecule has 5 nitrogen and oxygen atoms in total. The van der Waals surface area contributed by atoms with Crippen molar-refractivity contribution in [1.82, 2.24) is 9.88 Å². The number of fused-ring (bicyclic) bond motifs is 1. The van der Waals surface area contributed by atoms with Crippen molar-refractivity contribution in [2.24, 2.45) is 0 Å². The van der Waals surface area contributed by atoms with E-state index in [9.17, 15) is 13.6 Å². The minimum absolute atomic E-state index is 0. The smallest absolute Gasteiger partial charge is 0.252 e. The van der Waals surface area contributed by atoms with Gasteiger partial charge in [0.05, 0.1) is 17.9 Å². The minimum atomic E-state index is -0.720. The lowest BCUT2D eigenvalue weighted by Gasteiger charge is -2.27. The third-order valence-corrected chi connectivity index (χ3v) is 6.65. The average molecular weight is 486 g/mol. The monoisotopic (exact) mass is 485 g/mol. The van der Waals surface area contributed by atoms with E-state index in [1.54, 1.807) is 11.0 Å². The van der Waals surface area contributed by atoms with E-state index in [1.807, 2.05) is 17.5 Å². The van der Waals surface area contributed by atoms with Crippen molar-refractivity contribution < 1.29 is 18.3 Å². The molecule has 1 saturated heterocycles. The molecule has 0 N–H and O–H groups in total. The number of morpholine rings is 1. The number of benzene rings is 1. The van der Waals surface area contributed by atoms with Crippen LogP contribution in [0.25, 0.3) is 16.3 Å². The Balaban J connectivity index is 0.00000272. The Morgan fingerprint density at radius 1 is 1.29 bits per heavy atom. The van der Waals surface area contributed by atoms with Crippen molar-refractivity contribution in [2.45, 2.75) is 6.42 Å². The van der Waals surface area contributed by atoms with Crippen molar-refractivity contribution in [3.05, 3.63) is 52.2 Å². The predicted octanol–water partition coefficient (Wildman–Crippen LogP) is 4.83. The molecule has 0 spiro atoms. The molecule has 166 valence electrons. The largest absolute Gasteiger partial charge is 0.379 e. The number of hydrogen-bond acceptors (Lipinski definition) is 6. The fourth-order valence-corrected chi connectivity index (χ4v) is 4.92. The van der Waals surface area contributed by atoms with Crippen LogP contribution in [0.3, 0.4) is 0 Å². The topological polar surface area (TPSA) is 45.7 Å². The van der Waals surface area contributed by atoms with Gasteiger partial charge in [0.25, 0.3) is 5.91 Å². The number of aromatic nitrogens is 1. The number of ether oxygens (including phenoxy) is 1. The van der Waals surface area contributed by atoms with Crippen LogP contribution in [-0.4, -0.2) is 55.2 Å². The van der Waals surface area contributed by atoms with Crippen molar-refractivity contribution >= 4 is 62.4 Å². The third-order valence-electron chi connectivity index (χ3n) is 4.79. The molecule has 1 amide bonds. The quantitative estimate of drug-likeness (QED) is 0.450. The van der Waals surface area contributed by atoms with Crippen LogP contribution in [0, 0.1) is 11.6 Å². The molecular formula is C21H22ClF2N3O2S2. The summed E-state index contributed by atoms with van der Waals surface area (Å²) < 4.78 is 33.5. The molecule has 3 heterocycles.